The fourth-order valence-corrected chi connectivity index (χ4v) is 2.75. The van der Waals surface area contributed by atoms with Crippen molar-refractivity contribution >= 4 is 40.2 Å². The van der Waals surface area contributed by atoms with E-state index >= 15 is 0 Å². The molecule has 1 unspecified atom stereocenters. The summed E-state index contributed by atoms with van der Waals surface area (Å²) in [6.45, 7) is 4.70. The zero-order valence-electron chi connectivity index (χ0n) is 14.8. The molecule has 3 rings (SSSR count). The molecular weight excluding hydrogens is 348 g/mol. The van der Waals surface area contributed by atoms with E-state index in [-0.39, 0.29) is 11.3 Å². The number of halogens is 1. The van der Waals surface area contributed by atoms with Crippen LogP contribution in [0.2, 0.25) is 5.28 Å². The summed E-state index contributed by atoms with van der Waals surface area (Å²) in [5.74, 6) is 0.581. The lowest BCUT2D eigenvalue weighted by molar-refractivity contribution is 0.762. The van der Waals surface area contributed by atoms with Gasteiger partial charge in [-0.2, -0.15) is 4.98 Å². The fourth-order valence-electron chi connectivity index (χ4n) is 2.57. The molecular formula is C19H21ClN6. The van der Waals surface area contributed by atoms with Crippen molar-refractivity contribution in [3.63, 3.8) is 0 Å². The molecule has 7 heteroatoms. The summed E-state index contributed by atoms with van der Waals surface area (Å²) in [7, 11) is 0. The molecule has 0 aliphatic carbocycles. The number of rotatable bonds is 7. The Labute approximate surface area is 157 Å². The lowest BCUT2D eigenvalue weighted by atomic mass is 10.1. The number of anilines is 2. The van der Waals surface area contributed by atoms with E-state index in [4.69, 9.17) is 17.0 Å². The Morgan fingerprint density at radius 3 is 2.85 bits per heavy atom. The summed E-state index contributed by atoms with van der Waals surface area (Å²) in [5, 5.41) is 15.5. The molecule has 6 nitrogen and oxygen atoms in total. The number of aromatic nitrogens is 3. The van der Waals surface area contributed by atoms with Crippen LogP contribution in [-0.2, 0) is 6.54 Å². The molecule has 0 fully saturated rings. The molecule has 3 aromatic rings. The lowest BCUT2D eigenvalue weighted by Gasteiger charge is -2.18. The molecule has 2 heterocycles. The van der Waals surface area contributed by atoms with Crippen molar-refractivity contribution in [3.05, 3.63) is 53.1 Å². The number of hydrogen-bond acceptors (Lipinski definition) is 6. The zero-order valence-corrected chi connectivity index (χ0v) is 15.5. The summed E-state index contributed by atoms with van der Waals surface area (Å²) < 4.78 is 0. The fraction of sp³-hybridized carbons (Fsp3) is 0.263. The number of fused-ring (bicyclic) bond motifs is 1. The molecule has 0 radical (unpaired) electrons. The van der Waals surface area contributed by atoms with Gasteiger partial charge in [-0.3, -0.25) is 4.98 Å². The SMILES string of the molecule is CCC(C)Nc1c(C=N)nc(Cl)nc1NCc1cnc2ccccc2c1. The van der Waals surface area contributed by atoms with Gasteiger partial charge in [-0.15, -0.1) is 0 Å². The van der Waals surface area contributed by atoms with E-state index < -0.39 is 0 Å². The molecule has 1 aromatic carbocycles. The minimum absolute atomic E-state index is 0.109. The van der Waals surface area contributed by atoms with Gasteiger partial charge in [0.15, 0.2) is 5.82 Å². The molecule has 26 heavy (non-hydrogen) atoms. The molecule has 1 atom stereocenters. The van der Waals surface area contributed by atoms with E-state index in [1.807, 2.05) is 30.5 Å². The van der Waals surface area contributed by atoms with Crippen LogP contribution in [0.1, 0.15) is 31.5 Å². The highest BCUT2D eigenvalue weighted by Crippen LogP contribution is 2.26. The van der Waals surface area contributed by atoms with Crippen LogP contribution >= 0.6 is 11.6 Å². The Balaban J connectivity index is 1.87. The van der Waals surface area contributed by atoms with Crippen LogP contribution in [0, 0.1) is 5.41 Å². The van der Waals surface area contributed by atoms with Crippen LogP contribution in [0.15, 0.2) is 36.5 Å². The maximum absolute atomic E-state index is 7.61. The van der Waals surface area contributed by atoms with Gasteiger partial charge in [0.05, 0.1) is 5.52 Å². The first-order chi connectivity index (χ1) is 12.6. The maximum Gasteiger partial charge on any atom is 0.225 e. The first-order valence-corrected chi connectivity index (χ1v) is 8.90. The second-order valence-corrected chi connectivity index (χ2v) is 6.43. The van der Waals surface area contributed by atoms with E-state index in [0.717, 1.165) is 22.9 Å². The van der Waals surface area contributed by atoms with Gasteiger partial charge in [-0.25, -0.2) is 4.98 Å². The number of nitrogens with one attached hydrogen (secondary N) is 3. The van der Waals surface area contributed by atoms with Crippen LogP contribution < -0.4 is 10.6 Å². The van der Waals surface area contributed by atoms with Crippen molar-refractivity contribution in [2.75, 3.05) is 10.6 Å². The van der Waals surface area contributed by atoms with E-state index in [1.165, 1.54) is 6.21 Å². The smallest absolute Gasteiger partial charge is 0.225 e. The largest absolute Gasteiger partial charge is 0.378 e. The summed E-state index contributed by atoms with van der Waals surface area (Å²) in [4.78, 5) is 12.9. The standard InChI is InChI=1S/C19H21ClN6/c1-3-12(2)24-17-16(9-21)25-19(20)26-18(17)23-11-13-8-14-6-4-5-7-15(14)22-10-13/h4-10,12,21,24H,3,11H2,1-2H3,(H,23,25,26). The average molecular weight is 369 g/mol. The average Bonchev–Trinajstić information content (AvgIpc) is 2.67. The molecule has 2 aromatic heterocycles. The monoisotopic (exact) mass is 368 g/mol. The van der Waals surface area contributed by atoms with Gasteiger partial charge in [0.25, 0.3) is 0 Å². The van der Waals surface area contributed by atoms with E-state index in [0.29, 0.717) is 23.7 Å². The highest BCUT2D eigenvalue weighted by molar-refractivity contribution is 6.28. The summed E-state index contributed by atoms with van der Waals surface area (Å²) in [6, 6.07) is 10.3. The van der Waals surface area contributed by atoms with E-state index in [9.17, 15) is 0 Å². The second-order valence-electron chi connectivity index (χ2n) is 6.09. The normalized spacial score (nSPS) is 12.0. The zero-order chi connectivity index (χ0) is 18.5. The predicted molar refractivity (Wildman–Crippen MR) is 107 cm³/mol. The third kappa shape index (κ3) is 4.08. The van der Waals surface area contributed by atoms with Crippen molar-refractivity contribution < 1.29 is 0 Å². The first-order valence-electron chi connectivity index (χ1n) is 8.52. The second kappa shape index (κ2) is 8.10. The molecule has 0 amide bonds. The summed E-state index contributed by atoms with van der Waals surface area (Å²) in [5.41, 5.74) is 3.15. The van der Waals surface area contributed by atoms with Crippen LogP contribution in [0.4, 0.5) is 11.5 Å². The molecule has 0 aliphatic rings. The van der Waals surface area contributed by atoms with Crippen molar-refractivity contribution in [2.24, 2.45) is 0 Å². The van der Waals surface area contributed by atoms with Gasteiger partial charge in [0.1, 0.15) is 11.4 Å². The predicted octanol–water partition coefficient (Wildman–Crippen LogP) is 4.50. The molecule has 134 valence electrons. The Morgan fingerprint density at radius 2 is 2.08 bits per heavy atom. The minimum Gasteiger partial charge on any atom is -0.378 e. The Hall–Kier alpha value is -2.73. The number of hydrogen-bond donors (Lipinski definition) is 3. The van der Waals surface area contributed by atoms with Crippen LogP contribution in [0.3, 0.4) is 0 Å². The van der Waals surface area contributed by atoms with Crippen molar-refractivity contribution in [1.82, 2.24) is 15.0 Å². The van der Waals surface area contributed by atoms with Gasteiger partial charge >= 0.3 is 0 Å². The Morgan fingerprint density at radius 1 is 1.27 bits per heavy atom. The summed E-state index contributed by atoms with van der Waals surface area (Å²) >= 11 is 6.03. The van der Waals surface area contributed by atoms with Crippen molar-refractivity contribution in [1.29, 1.82) is 5.41 Å². The quantitative estimate of drug-likeness (QED) is 0.422. The Kier molecular flexibility index (Phi) is 5.63. The maximum atomic E-state index is 7.61. The highest BCUT2D eigenvalue weighted by atomic mass is 35.5. The third-order valence-corrected chi connectivity index (χ3v) is 4.33. The topological polar surface area (TPSA) is 86.6 Å². The van der Waals surface area contributed by atoms with Gasteiger partial charge in [-0.1, -0.05) is 25.1 Å². The van der Waals surface area contributed by atoms with Gasteiger partial charge < -0.3 is 16.0 Å². The highest BCUT2D eigenvalue weighted by Gasteiger charge is 2.14. The molecule has 0 aliphatic heterocycles. The van der Waals surface area contributed by atoms with E-state index in [1.54, 1.807) is 0 Å². The molecule has 0 saturated heterocycles. The van der Waals surface area contributed by atoms with Crippen LogP contribution in [0.5, 0.6) is 0 Å². The van der Waals surface area contributed by atoms with E-state index in [2.05, 4.69) is 45.5 Å². The molecule has 0 saturated carbocycles. The third-order valence-electron chi connectivity index (χ3n) is 4.16. The van der Waals surface area contributed by atoms with Crippen molar-refractivity contribution in [3.8, 4) is 0 Å². The van der Waals surface area contributed by atoms with Crippen LogP contribution in [0.25, 0.3) is 10.9 Å². The van der Waals surface area contributed by atoms with Crippen LogP contribution in [-0.4, -0.2) is 27.2 Å². The molecule has 0 bridgehead atoms. The minimum atomic E-state index is 0.109. The number of pyridine rings is 1. The molecule has 0 spiro atoms. The Bertz CT molecular complexity index is 927. The number of nitrogens with zero attached hydrogens (tertiary/aromatic N) is 3. The van der Waals surface area contributed by atoms with Gasteiger partial charge in [0, 0.05) is 30.4 Å². The molecule has 3 N–H and O–H groups in total. The van der Waals surface area contributed by atoms with Crippen molar-refractivity contribution in [2.45, 2.75) is 32.9 Å². The van der Waals surface area contributed by atoms with Gasteiger partial charge in [0.2, 0.25) is 5.28 Å². The number of benzene rings is 1. The first kappa shape index (κ1) is 18.1. The van der Waals surface area contributed by atoms with Gasteiger partial charge in [-0.05, 0) is 42.6 Å². The number of para-hydroxylation sites is 1. The lowest BCUT2D eigenvalue weighted by Crippen LogP contribution is -2.18. The summed E-state index contributed by atoms with van der Waals surface area (Å²) in [6.07, 6.45) is 3.96.